The Morgan fingerprint density at radius 1 is 0.450 bits per heavy atom. The highest BCUT2D eigenvalue weighted by atomic mass is 32.1. The zero-order chi connectivity index (χ0) is 66.5. The number of fused-ring (bicyclic) bond motifs is 10. The lowest BCUT2D eigenvalue weighted by Gasteiger charge is -2.33. The van der Waals surface area contributed by atoms with E-state index in [0.29, 0.717) is 11.3 Å². The van der Waals surface area contributed by atoms with Crippen molar-refractivity contribution in [2.45, 2.75) is 6.92 Å². The standard InChI is InChI=1S/C55H34BNO2S/c1-33-21-27-46-50(29-33)59-52-32-37(31-51-53(52)56(46)45-18-6-8-20-49(45)58-51)34-22-24-35(25-23-34)39-14-9-16-42-43-17-10-15-40(55(43)60-54(39)42)36-26-28-48-44(30-36)41-13-5-7-19-47(41)57(48)38-11-3-2-4-12-38/h2-32H,1H3/i2D,3D,4D,5D,6D,7D,8D,9D,10D,11D,12D,13D,14D,15D,16D,17D,18D,19D,20D,21D,22D,23D,24D,25D,26D,27D,28D,29D,30D,31D,32D. The van der Waals surface area contributed by atoms with Gasteiger partial charge in [-0.25, -0.2) is 0 Å². The quantitative estimate of drug-likeness (QED) is 0.165. The summed E-state index contributed by atoms with van der Waals surface area (Å²) in [7, 11) is 0. The van der Waals surface area contributed by atoms with E-state index in [2.05, 4.69) is 0 Å². The maximum atomic E-state index is 9.92. The van der Waals surface area contributed by atoms with Crippen LogP contribution in [-0.4, -0.2) is 11.3 Å². The third-order valence-corrected chi connectivity index (χ3v) is 11.4. The first-order valence-corrected chi connectivity index (χ1v) is 18.8. The molecule has 0 saturated heterocycles. The molecule has 60 heavy (non-hydrogen) atoms. The Balaban J connectivity index is 1.10. The Morgan fingerprint density at radius 3 is 1.87 bits per heavy atom. The van der Waals surface area contributed by atoms with Gasteiger partial charge in [-0.3, -0.25) is 0 Å². The molecule has 0 N–H and O–H groups in total. The van der Waals surface area contributed by atoms with Crippen LogP contribution in [0.3, 0.4) is 0 Å². The molecule has 0 saturated carbocycles. The Bertz CT molecular complexity index is 5250. The number of thiophene rings is 1. The molecule has 11 aromatic rings. The number of rotatable bonds is 4. The fraction of sp³-hybridized carbons (Fsp3) is 0.0182. The highest BCUT2D eigenvalue weighted by molar-refractivity contribution is 7.26. The Kier molecular flexibility index (Phi) is 3.28. The summed E-state index contributed by atoms with van der Waals surface area (Å²) < 4.78 is 295. The molecular weight excluding hydrogens is 749 g/mol. The van der Waals surface area contributed by atoms with Crippen molar-refractivity contribution >= 4 is 76.4 Å². The summed E-state index contributed by atoms with van der Waals surface area (Å²) in [5.74, 6) is -2.06. The van der Waals surface area contributed by atoms with Gasteiger partial charge in [0.2, 0.25) is 0 Å². The van der Waals surface area contributed by atoms with Crippen LogP contribution in [0.15, 0.2) is 187 Å². The van der Waals surface area contributed by atoms with Gasteiger partial charge < -0.3 is 14.0 Å². The summed E-state index contributed by atoms with van der Waals surface area (Å²) in [6.07, 6.45) is 0. The molecule has 0 amide bonds. The average Bonchev–Trinajstić information content (AvgIpc) is 1.70. The molecule has 0 unspecified atom stereocenters. The van der Waals surface area contributed by atoms with Crippen molar-refractivity contribution in [3.05, 3.63) is 193 Å². The Morgan fingerprint density at radius 2 is 1.07 bits per heavy atom. The molecule has 4 heterocycles. The molecule has 0 aliphatic carbocycles. The summed E-state index contributed by atoms with van der Waals surface area (Å²) >= 11 is 0.503. The summed E-state index contributed by atoms with van der Waals surface area (Å²) in [5, 5.41) is -1.93. The average molecular weight is 815 g/mol. The second-order valence-electron chi connectivity index (χ2n) is 13.6. The van der Waals surface area contributed by atoms with Crippen LogP contribution in [0.1, 0.15) is 48.1 Å². The zero-order valence-electron chi connectivity index (χ0n) is 61.2. The lowest BCUT2D eigenvalue weighted by Crippen LogP contribution is -2.57. The molecule has 0 spiro atoms. The molecule has 2 aliphatic heterocycles. The molecular formula is C55H34BNO2S. The van der Waals surface area contributed by atoms with Crippen LogP contribution in [-0.2, 0) is 0 Å². The number of ether oxygens (including phenoxy) is 2. The fourth-order valence-corrected chi connectivity index (χ4v) is 8.85. The second-order valence-corrected chi connectivity index (χ2v) is 14.6. The van der Waals surface area contributed by atoms with E-state index in [1.807, 2.05) is 0 Å². The minimum absolute atomic E-state index is 0.0521. The van der Waals surface area contributed by atoms with Crippen LogP contribution in [0.5, 0.6) is 23.0 Å². The van der Waals surface area contributed by atoms with Gasteiger partial charge in [0.25, 0.3) is 6.71 Å². The summed E-state index contributed by atoms with van der Waals surface area (Å²) in [6, 6.07) is -25.8. The van der Waals surface area contributed by atoms with E-state index in [9.17, 15) is 17.8 Å². The molecule has 280 valence electrons. The van der Waals surface area contributed by atoms with Crippen molar-refractivity contribution in [1.82, 2.24) is 4.57 Å². The van der Waals surface area contributed by atoms with E-state index in [-0.39, 0.29) is 31.4 Å². The van der Waals surface area contributed by atoms with E-state index in [0.717, 1.165) is 4.57 Å². The number of hydrogen-bond donors (Lipinski definition) is 0. The van der Waals surface area contributed by atoms with Gasteiger partial charge in [-0.2, -0.15) is 0 Å². The van der Waals surface area contributed by atoms with Crippen LogP contribution >= 0.6 is 11.3 Å². The van der Waals surface area contributed by atoms with Crippen molar-refractivity contribution in [1.29, 1.82) is 0 Å². The number of aromatic nitrogens is 1. The molecule has 2 aromatic heterocycles. The van der Waals surface area contributed by atoms with E-state index >= 15 is 0 Å². The van der Waals surface area contributed by atoms with Gasteiger partial charge in [0, 0.05) is 42.1 Å². The summed E-state index contributed by atoms with van der Waals surface area (Å²) in [5.41, 5.74) is -6.79. The number of nitrogens with zero attached hydrogens (tertiary/aromatic N) is 1. The third-order valence-electron chi connectivity index (χ3n) is 10.2. The Hall–Kier alpha value is -7.34. The van der Waals surface area contributed by atoms with E-state index in [1.54, 1.807) is 0 Å². The smallest absolute Gasteiger partial charge is 0.260 e. The van der Waals surface area contributed by atoms with Crippen molar-refractivity contribution in [3.63, 3.8) is 0 Å². The van der Waals surface area contributed by atoms with Crippen molar-refractivity contribution in [3.8, 4) is 62.1 Å². The molecule has 2 aliphatic rings. The number of hydrogen-bond acceptors (Lipinski definition) is 3. The topological polar surface area (TPSA) is 23.4 Å². The molecule has 0 fully saturated rings. The lowest BCUT2D eigenvalue weighted by molar-refractivity contribution is 0.464. The predicted molar refractivity (Wildman–Crippen MR) is 252 cm³/mol. The zero-order valence-corrected chi connectivity index (χ0v) is 31.1. The second kappa shape index (κ2) is 12.8. The Labute approximate surface area is 395 Å². The van der Waals surface area contributed by atoms with E-state index in [4.69, 9.17) is 34.1 Å². The SMILES string of the molecule is [2H]c1c([2H])c([2H])c(-n2c3c([2H])c([2H])c([2H])c([2H])c3c3c([2H])c(-c4c([2H])c([2H])c([2H])c5c4sc4c(-c6c([2H])c([2H])c(-c7c([2H])c8c9c(c7[2H])Oc7c([2H])c(C)c([2H])c([2H])c7B9c7c([2H])c([2H])c([2H])c([2H])c7O8)c([2H])c6[2H])c([2H])c([2H])c([2H])c45)c([2H])c([2H])c32)c([2H])c1[2H]. The van der Waals surface area contributed by atoms with Crippen molar-refractivity contribution < 1.29 is 52.0 Å². The first kappa shape index (κ1) is 15.4. The predicted octanol–water partition coefficient (Wildman–Crippen LogP) is 13.2. The first-order valence-electron chi connectivity index (χ1n) is 33.5. The van der Waals surface area contributed by atoms with Gasteiger partial charge in [0.05, 0.1) is 53.5 Å². The molecule has 0 atom stereocenters. The highest BCUT2D eigenvalue weighted by Crippen LogP contribution is 2.46. The minimum Gasteiger partial charge on any atom is -0.458 e. The van der Waals surface area contributed by atoms with Crippen LogP contribution in [0.4, 0.5) is 0 Å². The maximum Gasteiger partial charge on any atom is 0.260 e. The highest BCUT2D eigenvalue weighted by Gasteiger charge is 2.40. The van der Waals surface area contributed by atoms with Gasteiger partial charge in [0.1, 0.15) is 23.0 Å². The monoisotopic (exact) mass is 814 g/mol. The molecule has 0 bridgehead atoms. The molecule has 0 radical (unpaired) electrons. The molecule has 5 heteroatoms. The minimum atomic E-state index is -1.54. The fourth-order valence-electron chi connectivity index (χ4n) is 7.63. The summed E-state index contributed by atoms with van der Waals surface area (Å²) in [4.78, 5) is 0. The van der Waals surface area contributed by atoms with Gasteiger partial charge >= 0.3 is 0 Å². The van der Waals surface area contributed by atoms with Gasteiger partial charge in [0.15, 0.2) is 0 Å². The third kappa shape index (κ3) is 4.96. The van der Waals surface area contributed by atoms with Crippen molar-refractivity contribution in [2.75, 3.05) is 0 Å². The van der Waals surface area contributed by atoms with E-state index < -0.39 is 289 Å². The molecule has 13 rings (SSSR count). The van der Waals surface area contributed by atoms with Gasteiger partial charge in [-0.15, -0.1) is 11.3 Å². The van der Waals surface area contributed by atoms with Gasteiger partial charge in [-0.1, -0.05) is 133 Å². The van der Waals surface area contributed by atoms with E-state index in [1.165, 1.54) is 6.92 Å². The van der Waals surface area contributed by atoms with Crippen molar-refractivity contribution in [2.24, 2.45) is 0 Å². The van der Waals surface area contributed by atoms with Crippen LogP contribution in [0.2, 0.25) is 0 Å². The first-order chi connectivity index (χ1) is 42.6. The molecule has 9 aromatic carbocycles. The summed E-state index contributed by atoms with van der Waals surface area (Å²) in [6.45, 7) is -0.185. The number of benzene rings is 9. The largest absolute Gasteiger partial charge is 0.458 e. The lowest BCUT2D eigenvalue weighted by atomic mass is 9.35. The van der Waals surface area contributed by atoms with Gasteiger partial charge in [-0.05, 0) is 111 Å². The van der Waals surface area contributed by atoms with Crippen LogP contribution < -0.4 is 25.9 Å². The van der Waals surface area contributed by atoms with Crippen LogP contribution in [0.25, 0.3) is 81.0 Å². The number of para-hydroxylation sites is 3. The maximum absolute atomic E-state index is 9.92. The normalized spacial score (nSPS) is 19.9. The molecule has 3 nitrogen and oxygen atoms in total. The van der Waals surface area contributed by atoms with Crippen LogP contribution in [0, 0.1) is 6.92 Å².